The van der Waals surface area contributed by atoms with Crippen molar-refractivity contribution in [1.82, 2.24) is 14.5 Å². The molecule has 2 heterocycles. The Morgan fingerprint density at radius 2 is 1.85 bits per heavy atom. The Morgan fingerprint density at radius 3 is 2.52 bits per heavy atom. The number of methoxy groups -OCH3 is 1. The highest BCUT2D eigenvalue weighted by molar-refractivity contribution is 7.92. The topological polar surface area (TPSA) is 115 Å². The Balaban J connectivity index is 1.85. The Bertz CT molecular complexity index is 1560. The summed E-state index contributed by atoms with van der Waals surface area (Å²) in [5.41, 5.74) is 1.78. The van der Waals surface area contributed by atoms with Crippen molar-refractivity contribution in [1.29, 1.82) is 0 Å². The van der Waals surface area contributed by atoms with E-state index in [1.807, 2.05) is 18.2 Å². The smallest absolute Gasteiger partial charge is 0.258 e. The largest absolute Gasteiger partial charge is 0.495 e. The normalized spacial score (nSPS) is 11.1. The summed E-state index contributed by atoms with van der Waals surface area (Å²) in [7, 11) is -1.87. The molecule has 10 heteroatoms. The van der Waals surface area contributed by atoms with Crippen LogP contribution in [-0.2, 0) is 10.0 Å². The molecule has 2 aromatic heterocycles. The van der Waals surface area contributed by atoms with Crippen molar-refractivity contribution in [3.8, 4) is 23.8 Å². The fraction of sp³-hybridized carbons (Fsp3) is 0.0870. The number of benzene rings is 2. The molecule has 0 atom stereocenters. The molecule has 4 rings (SSSR count). The summed E-state index contributed by atoms with van der Waals surface area (Å²) in [6, 6.07) is 14.9. The minimum atomic E-state index is -3.43. The lowest BCUT2D eigenvalue weighted by Crippen LogP contribution is -2.20. The van der Waals surface area contributed by atoms with Crippen LogP contribution in [0.5, 0.6) is 5.75 Å². The van der Waals surface area contributed by atoms with Gasteiger partial charge in [-0.1, -0.05) is 18.1 Å². The summed E-state index contributed by atoms with van der Waals surface area (Å²) in [4.78, 5) is 21.8. The van der Waals surface area contributed by atoms with Crippen LogP contribution in [0.3, 0.4) is 0 Å². The highest BCUT2D eigenvalue weighted by atomic mass is 32.2. The van der Waals surface area contributed by atoms with Gasteiger partial charge in [-0.3, -0.25) is 14.1 Å². The number of rotatable bonds is 6. The Labute approximate surface area is 190 Å². The van der Waals surface area contributed by atoms with Crippen LogP contribution in [0.25, 0.3) is 16.7 Å². The second-order valence-corrected chi connectivity index (χ2v) is 8.80. The number of nitrogens with one attached hydrogen (secondary N) is 2. The van der Waals surface area contributed by atoms with Gasteiger partial charge in [0.25, 0.3) is 5.56 Å². The number of hydrogen-bond donors (Lipinski definition) is 2. The second kappa shape index (κ2) is 8.64. The van der Waals surface area contributed by atoms with Crippen LogP contribution in [0, 0.1) is 12.3 Å². The lowest BCUT2D eigenvalue weighted by Gasteiger charge is -2.14. The highest BCUT2D eigenvalue weighted by Gasteiger charge is 2.14. The van der Waals surface area contributed by atoms with E-state index in [-0.39, 0.29) is 11.5 Å². The van der Waals surface area contributed by atoms with Gasteiger partial charge in [0.1, 0.15) is 5.75 Å². The maximum atomic E-state index is 13.0. The van der Waals surface area contributed by atoms with E-state index in [2.05, 4.69) is 25.9 Å². The van der Waals surface area contributed by atoms with Crippen molar-refractivity contribution >= 4 is 38.4 Å². The van der Waals surface area contributed by atoms with Gasteiger partial charge >= 0.3 is 0 Å². The molecule has 9 nitrogen and oxygen atoms in total. The van der Waals surface area contributed by atoms with E-state index >= 15 is 0 Å². The van der Waals surface area contributed by atoms with Crippen LogP contribution >= 0.6 is 0 Å². The van der Waals surface area contributed by atoms with Gasteiger partial charge in [0, 0.05) is 23.5 Å². The van der Waals surface area contributed by atoms with Gasteiger partial charge in [0.15, 0.2) is 5.65 Å². The number of fused-ring (bicyclic) bond motifs is 1. The molecule has 2 aromatic carbocycles. The van der Waals surface area contributed by atoms with Gasteiger partial charge in [0.05, 0.1) is 30.1 Å². The second-order valence-electron chi connectivity index (χ2n) is 7.05. The molecule has 0 unspecified atom stereocenters. The number of ether oxygens (including phenoxy) is 1. The summed E-state index contributed by atoms with van der Waals surface area (Å²) in [5.74, 6) is 3.34. The average molecular weight is 462 g/mol. The lowest BCUT2D eigenvalue weighted by molar-refractivity contribution is 0.417. The molecule has 0 radical (unpaired) electrons. The van der Waals surface area contributed by atoms with Crippen molar-refractivity contribution in [2.45, 2.75) is 0 Å². The van der Waals surface area contributed by atoms with Crippen molar-refractivity contribution in [3.63, 3.8) is 0 Å². The quantitative estimate of drug-likeness (QED) is 0.424. The van der Waals surface area contributed by atoms with Gasteiger partial charge < -0.3 is 10.1 Å². The summed E-state index contributed by atoms with van der Waals surface area (Å²) < 4.78 is 32.1. The van der Waals surface area contributed by atoms with E-state index < -0.39 is 10.0 Å². The van der Waals surface area contributed by atoms with Crippen LogP contribution in [0.4, 0.5) is 17.3 Å². The fourth-order valence-corrected chi connectivity index (χ4v) is 3.86. The van der Waals surface area contributed by atoms with Crippen molar-refractivity contribution < 1.29 is 13.2 Å². The Hall–Kier alpha value is -4.36. The monoisotopic (exact) mass is 461 g/mol. The molecule has 0 spiro atoms. The van der Waals surface area contributed by atoms with Crippen molar-refractivity contribution in [3.05, 3.63) is 76.7 Å². The van der Waals surface area contributed by atoms with E-state index in [1.165, 1.54) is 10.6 Å². The van der Waals surface area contributed by atoms with Crippen LogP contribution < -0.4 is 20.3 Å². The Morgan fingerprint density at radius 1 is 1.12 bits per heavy atom. The van der Waals surface area contributed by atoms with E-state index in [0.717, 1.165) is 6.26 Å². The zero-order valence-corrected chi connectivity index (χ0v) is 18.6. The third-order valence-electron chi connectivity index (χ3n) is 4.70. The molecule has 166 valence electrons. The molecule has 0 bridgehead atoms. The zero-order chi connectivity index (χ0) is 23.6. The zero-order valence-electron chi connectivity index (χ0n) is 17.7. The molecule has 0 fully saturated rings. The molecule has 0 aliphatic carbocycles. The minimum Gasteiger partial charge on any atom is -0.495 e. The third kappa shape index (κ3) is 4.63. The number of pyridine rings is 1. The first-order valence-electron chi connectivity index (χ1n) is 9.67. The SMILES string of the molecule is C#Cc1cc(=O)n(-c2ccc(NS(C)(=O)=O)cc2)c2nc(Nc3ccccc3OC)ncc12. The number of nitrogens with zero attached hydrogens (tertiary/aromatic N) is 3. The van der Waals surface area contributed by atoms with E-state index in [1.54, 1.807) is 43.6 Å². The summed E-state index contributed by atoms with van der Waals surface area (Å²) in [6.45, 7) is 0. The molecular formula is C23H19N5O4S. The van der Waals surface area contributed by atoms with E-state index in [9.17, 15) is 13.2 Å². The molecule has 0 amide bonds. The van der Waals surface area contributed by atoms with E-state index in [0.29, 0.717) is 39.4 Å². The summed E-state index contributed by atoms with van der Waals surface area (Å²) >= 11 is 0. The van der Waals surface area contributed by atoms with Gasteiger partial charge in [-0.25, -0.2) is 13.4 Å². The highest BCUT2D eigenvalue weighted by Crippen LogP contribution is 2.27. The predicted molar refractivity (Wildman–Crippen MR) is 128 cm³/mol. The number of terminal acetylenes is 1. The molecule has 0 saturated heterocycles. The number of para-hydroxylation sites is 2. The van der Waals surface area contributed by atoms with Crippen LogP contribution in [0.2, 0.25) is 0 Å². The summed E-state index contributed by atoms with van der Waals surface area (Å²) in [6.07, 6.45) is 8.21. The molecule has 33 heavy (non-hydrogen) atoms. The Kier molecular flexibility index (Phi) is 5.72. The van der Waals surface area contributed by atoms with E-state index in [4.69, 9.17) is 11.2 Å². The molecule has 0 aliphatic heterocycles. The average Bonchev–Trinajstić information content (AvgIpc) is 2.78. The standard InChI is InChI=1S/C23H19N5O4S/c1-4-15-13-21(29)28(17-11-9-16(10-12-17)27-33(3,30)31)22-18(15)14-24-23(26-22)25-19-7-5-6-8-20(19)32-2/h1,5-14,27H,2-3H3,(H,24,25,26). The number of anilines is 3. The predicted octanol–water partition coefficient (Wildman–Crippen LogP) is 2.89. The molecular weight excluding hydrogens is 442 g/mol. The summed E-state index contributed by atoms with van der Waals surface area (Å²) in [5, 5.41) is 3.61. The number of aromatic nitrogens is 3. The maximum absolute atomic E-state index is 13.0. The van der Waals surface area contributed by atoms with Crippen LogP contribution in [0.1, 0.15) is 5.56 Å². The first kappa shape index (κ1) is 21.9. The molecule has 2 N–H and O–H groups in total. The van der Waals surface area contributed by atoms with Crippen molar-refractivity contribution in [2.24, 2.45) is 0 Å². The van der Waals surface area contributed by atoms with Gasteiger partial charge in [0.2, 0.25) is 16.0 Å². The lowest BCUT2D eigenvalue weighted by atomic mass is 10.2. The fourth-order valence-electron chi connectivity index (χ4n) is 3.29. The van der Waals surface area contributed by atoms with Gasteiger partial charge in [-0.05, 0) is 36.4 Å². The van der Waals surface area contributed by atoms with Crippen LogP contribution in [0.15, 0.2) is 65.6 Å². The number of hydrogen-bond acceptors (Lipinski definition) is 7. The molecule has 4 aromatic rings. The molecule has 0 aliphatic rings. The number of sulfonamides is 1. The first-order valence-corrected chi connectivity index (χ1v) is 11.6. The maximum Gasteiger partial charge on any atom is 0.258 e. The first-order chi connectivity index (χ1) is 15.8. The van der Waals surface area contributed by atoms with Crippen molar-refractivity contribution in [2.75, 3.05) is 23.4 Å². The molecule has 0 saturated carbocycles. The van der Waals surface area contributed by atoms with Gasteiger partial charge in [-0.2, -0.15) is 4.98 Å². The van der Waals surface area contributed by atoms with Crippen LogP contribution in [-0.4, -0.2) is 36.3 Å². The minimum absolute atomic E-state index is 0.240. The van der Waals surface area contributed by atoms with Gasteiger partial charge in [-0.15, -0.1) is 6.42 Å². The third-order valence-corrected chi connectivity index (χ3v) is 5.30.